The molecule has 1 saturated carbocycles. The summed E-state index contributed by atoms with van der Waals surface area (Å²) >= 11 is 0. The monoisotopic (exact) mass is 304 g/mol. The predicted octanol–water partition coefficient (Wildman–Crippen LogP) is 3.31. The van der Waals surface area contributed by atoms with Crippen LogP contribution in [0.25, 0.3) is 0 Å². The van der Waals surface area contributed by atoms with Crippen LogP contribution in [-0.4, -0.2) is 25.2 Å². The number of carbonyl (C=O) groups is 2. The van der Waals surface area contributed by atoms with Crippen molar-refractivity contribution in [3.63, 3.8) is 0 Å². The van der Waals surface area contributed by atoms with Crippen molar-refractivity contribution in [2.45, 2.75) is 27.7 Å². The highest BCUT2D eigenvalue weighted by Gasteiger charge is 2.63. The number of carbonyl (C=O) groups excluding carboxylic acids is 2. The molecular formula is C18H24O4. The van der Waals surface area contributed by atoms with Crippen LogP contribution in [-0.2, 0) is 14.3 Å². The Bertz CT molecular complexity index is 533. The van der Waals surface area contributed by atoms with Crippen LogP contribution in [0.15, 0.2) is 30.3 Å². The molecule has 1 aromatic rings. The van der Waals surface area contributed by atoms with E-state index in [4.69, 9.17) is 9.47 Å². The van der Waals surface area contributed by atoms with Crippen LogP contribution in [0.1, 0.15) is 38.1 Å². The van der Waals surface area contributed by atoms with Gasteiger partial charge in [-0.15, -0.1) is 0 Å². The van der Waals surface area contributed by atoms with Crippen molar-refractivity contribution in [1.82, 2.24) is 0 Å². The van der Waals surface area contributed by atoms with Crippen molar-refractivity contribution in [2.75, 3.05) is 13.2 Å². The summed E-state index contributed by atoms with van der Waals surface area (Å²) in [6, 6.07) is 8.87. The van der Waals surface area contributed by atoms with Crippen LogP contribution in [0.2, 0.25) is 0 Å². The summed E-state index contributed by atoms with van der Waals surface area (Å²) in [7, 11) is 0. The Hall–Kier alpha value is -1.84. The summed E-state index contributed by atoms with van der Waals surface area (Å²) < 4.78 is 10.7. The lowest BCUT2D eigenvalue weighted by Gasteiger charge is -2.07. The first-order valence-electron chi connectivity index (χ1n) is 7.73. The number of benzene rings is 1. The number of esters is 2. The van der Waals surface area contributed by atoms with E-state index in [2.05, 4.69) is 0 Å². The third-order valence-corrected chi connectivity index (χ3v) is 4.27. The van der Waals surface area contributed by atoms with Gasteiger partial charge in [-0.3, -0.25) is 4.79 Å². The maximum atomic E-state index is 12.1. The van der Waals surface area contributed by atoms with E-state index < -0.39 is 0 Å². The fourth-order valence-corrected chi connectivity index (χ4v) is 2.68. The van der Waals surface area contributed by atoms with Crippen LogP contribution in [0.3, 0.4) is 0 Å². The van der Waals surface area contributed by atoms with Crippen LogP contribution >= 0.6 is 0 Å². The van der Waals surface area contributed by atoms with Gasteiger partial charge >= 0.3 is 11.9 Å². The van der Waals surface area contributed by atoms with Gasteiger partial charge in [-0.1, -0.05) is 45.9 Å². The van der Waals surface area contributed by atoms with Crippen LogP contribution < -0.4 is 0 Å². The lowest BCUT2D eigenvalue weighted by Crippen LogP contribution is -2.15. The third kappa shape index (κ3) is 3.67. The largest absolute Gasteiger partial charge is 0.465 e. The highest BCUT2D eigenvalue weighted by molar-refractivity contribution is 5.89. The number of rotatable bonds is 6. The lowest BCUT2D eigenvalue weighted by molar-refractivity contribution is -0.147. The molecule has 4 heteroatoms. The minimum Gasteiger partial charge on any atom is -0.465 e. The van der Waals surface area contributed by atoms with E-state index >= 15 is 0 Å². The number of hydrogen-bond donors (Lipinski definition) is 0. The van der Waals surface area contributed by atoms with Gasteiger partial charge in [0.15, 0.2) is 0 Å². The van der Waals surface area contributed by atoms with Gasteiger partial charge in [0.2, 0.25) is 0 Å². The Morgan fingerprint density at radius 3 is 2.36 bits per heavy atom. The fraction of sp³-hybridized carbons (Fsp3) is 0.556. The van der Waals surface area contributed by atoms with Gasteiger partial charge in [0.1, 0.15) is 0 Å². The lowest BCUT2D eigenvalue weighted by atomic mass is 10.1. The molecule has 1 aromatic carbocycles. The Kier molecular flexibility index (Phi) is 4.89. The molecule has 1 aliphatic rings. The topological polar surface area (TPSA) is 52.6 Å². The van der Waals surface area contributed by atoms with Crippen LogP contribution in [0, 0.1) is 23.2 Å². The zero-order valence-electron chi connectivity index (χ0n) is 13.7. The molecule has 0 radical (unpaired) electrons. The van der Waals surface area contributed by atoms with E-state index in [1.807, 2.05) is 33.8 Å². The molecule has 1 aliphatic carbocycles. The summed E-state index contributed by atoms with van der Waals surface area (Å²) in [6.07, 6.45) is 0. The molecule has 0 saturated heterocycles. The molecule has 2 rings (SSSR count). The first-order valence-corrected chi connectivity index (χ1v) is 7.73. The van der Waals surface area contributed by atoms with Gasteiger partial charge in [0.05, 0.1) is 24.7 Å². The van der Waals surface area contributed by atoms with E-state index in [-0.39, 0.29) is 35.8 Å². The number of ether oxygens (including phenoxy) is 2. The molecule has 22 heavy (non-hydrogen) atoms. The van der Waals surface area contributed by atoms with Crippen molar-refractivity contribution >= 4 is 11.9 Å². The second-order valence-corrected chi connectivity index (χ2v) is 6.89. The SMILES string of the molecule is CC(C)COC(=O)C1C(COC(=O)c2ccccc2)C1(C)C. The third-order valence-electron chi connectivity index (χ3n) is 4.27. The maximum Gasteiger partial charge on any atom is 0.338 e. The maximum absolute atomic E-state index is 12.1. The average molecular weight is 304 g/mol. The van der Waals surface area contributed by atoms with Crippen molar-refractivity contribution in [3.05, 3.63) is 35.9 Å². The molecule has 0 heterocycles. The normalized spacial score (nSPS) is 22.2. The van der Waals surface area contributed by atoms with E-state index in [9.17, 15) is 9.59 Å². The summed E-state index contributed by atoms with van der Waals surface area (Å²) in [5.74, 6) is -0.369. The van der Waals surface area contributed by atoms with Crippen molar-refractivity contribution in [2.24, 2.45) is 23.2 Å². The van der Waals surface area contributed by atoms with E-state index in [0.717, 1.165) is 0 Å². The van der Waals surface area contributed by atoms with Crippen LogP contribution in [0.5, 0.6) is 0 Å². The molecule has 0 amide bonds. The second-order valence-electron chi connectivity index (χ2n) is 6.89. The van der Waals surface area contributed by atoms with E-state index in [1.54, 1.807) is 24.3 Å². The molecule has 0 aliphatic heterocycles. The second kappa shape index (κ2) is 6.51. The minimum absolute atomic E-state index is 0.0276. The highest BCUT2D eigenvalue weighted by atomic mass is 16.5. The molecule has 2 unspecified atom stereocenters. The fourth-order valence-electron chi connectivity index (χ4n) is 2.68. The standard InChI is InChI=1S/C18H24O4/c1-12(2)10-21-17(20)15-14(18(15,3)4)11-22-16(19)13-8-6-5-7-9-13/h5-9,12,14-15H,10-11H2,1-4H3. The molecule has 0 spiro atoms. The van der Waals surface area contributed by atoms with Gasteiger partial charge in [0, 0.05) is 5.92 Å². The van der Waals surface area contributed by atoms with Gasteiger partial charge in [-0.25, -0.2) is 4.79 Å². The molecule has 1 fully saturated rings. The predicted molar refractivity (Wildman–Crippen MR) is 83.3 cm³/mol. The summed E-state index contributed by atoms with van der Waals surface area (Å²) in [5.41, 5.74) is 0.352. The molecular weight excluding hydrogens is 280 g/mol. The number of hydrogen-bond acceptors (Lipinski definition) is 4. The summed E-state index contributed by atoms with van der Waals surface area (Å²) in [6.45, 7) is 8.71. The smallest absolute Gasteiger partial charge is 0.338 e. The first-order chi connectivity index (χ1) is 10.3. The Balaban J connectivity index is 1.85. The van der Waals surface area contributed by atoms with Crippen molar-refractivity contribution in [3.8, 4) is 0 Å². The molecule has 2 atom stereocenters. The Labute approximate surface area is 131 Å². The highest BCUT2D eigenvalue weighted by Crippen LogP contribution is 2.58. The minimum atomic E-state index is -0.349. The molecule has 120 valence electrons. The van der Waals surface area contributed by atoms with Gasteiger partial charge in [-0.05, 0) is 23.5 Å². The summed E-state index contributed by atoms with van der Waals surface area (Å²) in [4.78, 5) is 24.0. The van der Waals surface area contributed by atoms with Crippen LogP contribution in [0.4, 0.5) is 0 Å². The van der Waals surface area contributed by atoms with Crippen molar-refractivity contribution < 1.29 is 19.1 Å². The van der Waals surface area contributed by atoms with Gasteiger partial charge in [-0.2, -0.15) is 0 Å². The molecule has 0 aromatic heterocycles. The molecule has 4 nitrogen and oxygen atoms in total. The Morgan fingerprint density at radius 1 is 1.14 bits per heavy atom. The van der Waals surface area contributed by atoms with Crippen molar-refractivity contribution in [1.29, 1.82) is 0 Å². The molecule has 0 bridgehead atoms. The van der Waals surface area contributed by atoms with E-state index in [1.165, 1.54) is 0 Å². The average Bonchev–Trinajstić information content (AvgIpc) is 3.04. The zero-order valence-corrected chi connectivity index (χ0v) is 13.7. The zero-order chi connectivity index (χ0) is 16.3. The van der Waals surface area contributed by atoms with Gasteiger partial charge < -0.3 is 9.47 Å². The first kappa shape index (κ1) is 16.5. The molecule has 0 N–H and O–H groups in total. The van der Waals surface area contributed by atoms with E-state index in [0.29, 0.717) is 18.1 Å². The summed E-state index contributed by atoms with van der Waals surface area (Å²) in [5, 5.41) is 0. The van der Waals surface area contributed by atoms with Gasteiger partial charge in [0.25, 0.3) is 0 Å². The Morgan fingerprint density at radius 2 is 1.77 bits per heavy atom. The quantitative estimate of drug-likeness (QED) is 0.757.